The highest BCUT2D eigenvalue weighted by molar-refractivity contribution is 5.89. The van der Waals surface area contributed by atoms with E-state index in [0.717, 1.165) is 17.7 Å². The topological polar surface area (TPSA) is 48.4 Å². The fraction of sp³-hybridized carbons (Fsp3) is 0.217. The van der Waals surface area contributed by atoms with Crippen LogP contribution in [0.25, 0.3) is 0 Å². The number of aromatic nitrogens is 1. The van der Waals surface area contributed by atoms with Gasteiger partial charge in [-0.3, -0.25) is 4.79 Å². The lowest BCUT2D eigenvalue weighted by Crippen LogP contribution is -2.28. The molecule has 2 atom stereocenters. The van der Waals surface area contributed by atoms with Gasteiger partial charge < -0.3 is 9.47 Å². The second-order valence-corrected chi connectivity index (χ2v) is 6.78. The van der Waals surface area contributed by atoms with Crippen LogP contribution in [0.15, 0.2) is 60.8 Å². The van der Waals surface area contributed by atoms with Crippen molar-refractivity contribution in [3.05, 3.63) is 83.6 Å². The molecule has 1 aromatic heterocycles. The summed E-state index contributed by atoms with van der Waals surface area (Å²) < 4.78 is 38.3. The first-order valence-corrected chi connectivity index (χ1v) is 9.20. The summed E-state index contributed by atoms with van der Waals surface area (Å²) >= 11 is 0. The highest BCUT2D eigenvalue weighted by atomic mass is 19.2. The molecule has 2 unspecified atom stereocenters. The Morgan fingerprint density at radius 2 is 1.69 bits per heavy atom. The number of pyridine rings is 1. The normalized spacial score (nSPS) is 12.9. The summed E-state index contributed by atoms with van der Waals surface area (Å²) in [5, 5.41) is 0. The monoisotopic (exact) mass is 397 g/mol. The SMILES string of the molecule is Cc1ccc(Oc2ccccc2OC(C)C(=O)C(C)c2ccc(F)c(F)c2)nc1. The minimum absolute atomic E-state index is 0.265. The zero-order chi connectivity index (χ0) is 21.0. The molecule has 4 nitrogen and oxygen atoms in total. The Morgan fingerprint density at radius 3 is 2.34 bits per heavy atom. The Labute approximate surface area is 168 Å². The maximum atomic E-state index is 13.5. The van der Waals surface area contributed by atoms with Gasteiger partial charge in [0.2, 0.25) is 5.88 Å². The number of Topliss-reactive ketones (excluding diaryl/α,β-unsaturated/α-hetero) is 1. The molecule has 0 saturated heterocycles. The number of hydrogen-bond acceptors (Lipinski definition) is 4. The molecule has 0 fully saturated rings. The predicted molar refractivity (Wildman–Crippen MR) is 105 cm³/mol. The number of carbonyl (C=O) groups excluding carboxylic acids is 1. The van der Waals surface area contributed by atoms with E-state index in [1.165, 1.54) is 6.07 Å². The number of carbonyl (C=O) groups is 1. The van der Waals surface area contributed by atoms with E-state index in [2.05, 4.69) is 4.98 Å². The summed E-state index contributed by atoms with van der Waals surface area (Å²) in [6.45, 7) is 5.17. The third kappa shape index (κ3) is 4.96. The molecule has 0 saturated carbocycles. The second kappa shape index (κ2) is 8.82. The van der Waals surface area contributed by atoms with Crippen LogP contribution in [0.5, 0.6) is 17.4 Å². The van der Waals surface area contributed by atoms with Crippen LogP contribution in [0.2, 0.25) is 0 Å². The third-order valence-electron chi connectivity index (χ3n) is 4.52. The minimum Gasteiger partial charge on any atom is -0.479 e. The first kappa shape index (κ1) is 20.5. The van der Waals surface area contributed by atoms with Crippen LogP contribution in [-0.4, -0.2) is 16.9 Å². The zero-order valence-electron chi connectivity index (χ0n) is 16.4. The molecular weight excluding hydrogens is 376 g/mol. The van der Waals surface area contributed by atoms with E-state index in [1.54, 1.807) is 50.4 Å². The molecule has 3 rings (SSSR count). The van der Waals surface area contributed by atoms with Crippen molar-refractivity contribution < 1.29 is 23.0 Å². The lowest BCUT2D eigenvalue weighted by molar-refractivity contribution is -0.126. The molecule has 150 valence electrons. The molecular formula is C23H21F2NO3. The van der Waals surface area contributed by atoms with E-state index in [0.29, 0.717) is 22.9 Å². The zero-order valence-corrected chi connectivity index (χ0v) is 16.4. The third-order valence-corrected chi connectivity index (χ3v) is 4.52. The average molecular weight is 397 g/mol. The van der Waals surface area contributed by atoms with Gasteiger partial charge in [-0.05, 0) is 49.2 Å². The van der Waals surface area contributed by atoms with Crippen molar-refractivity contribution in [2.75, 3.05) is 0 Å². The molecule has 0 amide bonds. The van der Waals surface area contributed by atoms with Gasteiger partial charge in [-0.25, -0.2) is 13.8 Å². The van der Waals surface area contributed by atoms with E-state index in [-0.39, 0.29) is 5.78 Å². The minimum atomic E-state index is -0.986. The molecule has 0 aliphatic heterocycles. The molecule has 0 N–H and O–H groups in total. The van der Waals surface area contributed by atoms with E-state index in [4.69, 9.17) is 9.47 Å². The molecule has 0 radical (unpaired) electrons. The molecule has 29 heavy (non-hydrogen) atoms. The Bertz CT molecular complexity index is 1010. The molecule has 0 aliphatic rings. The number of benzene rings is 2. The number of halogens is 2. The molecule has 3 aromatic rings. The number of rotatable bonds is 7. The smallest absolute Gasteiger partial charge is 0.219 e. The summed E-state index contributed by atoms with van der Waals surface area (Å²) in [7, 11) is 0. The highest BCUT2D eigenvalue weighted by Crippen LogP contribution is 2.32. The van der Waals surface area contributed by atoms with Crippen LogP contribution in [0.4, 0.5) is 8.78 Å². The van der Waals surface area contributed by atoms with Gasteiger partial charge in [-0.1, -0.05) is 31.2 Å². The maximum absolute atomic E-state index is 13.5. The van der Waals surface area contributed by atoms with Gasteiger partial charge in [0, 0.05) is 18.2 Å². The van der Waals surface area contributed by atoms with Crippen LogP contribution in [0.3, 0.4) is 0 Å². The number of ketones is 1. The van der Waals surface area contributed by atoms with Crippen molar-refractivity contribution in [2.45, 2.75) is 32.8 Å². The van der Waals surface area contributed by atoms with Gasteiger partial charge in [0.05, 0.1) is 0 Å². The van der Waals surface area contributed by atoms with E-state index >= 15 is 0 Å². The predicted octanol–water partition coefficient (Wildman–Crippen LogP) is 5.60. The maximum Gasteiger partial charge on any atom is 0.219 e. The molecule has 0 bridgehead atoms. The number of nitrogens with zero attached hydrogens (tertiary/aromatic N) is 1. The summed E-state index contributed by atoms with van der Waals surface area (Å²) in [4.78, 5) is 17.0. The summed E-state index contributed by atoms with van der Waals surface area (Å²) in [5.41, 5.74) is 1.39. The van der Waals surface area contributed by atoms with Gasteiger partial charge in [0.15, 0.2) is 35.0 Å². The van der Waals surface area contributed by atoms with Gasteiger partial charge in [0.1, 0.15) is 0 Å². The van der Waals surface area contributed by atoms with Crippen LogP contribution in [0, 0.1) is 18.6 Å². The van der Waals surface area contributed by atoms with Crippen LogP contribution >= 0.6 is 0 Å². The van der Waals surface area contributed by atoms with Crippen LogP contribution in [-0.2, 0) is 4.79 Å². The highest BCUT2D eigenvalue weighted by Gasteiger charge is 2.25. The number of para-hydroxylation sites is 2. The summed E-state index contributed by atoms with van der Waals surface area (Å²) in [6.07, 6.45) is 0.864. The Kier molecular flexibility index (Phi) is 6.22. The molecule has 2 aromatic carbocycles. The van der Waals surface area contributed by atoms with Gasteiger partial charge in [-0.15, -0.1) is 0 Å². The van der Waals surface area contributed by atoms with Crippen molar-refractivity contribution in [1.82, 2.24) is 4.98 Å². The van der Waals surface area contributed by atoms with E-state index in [1.807, 2.05) is 13.0 Å². The second-order valence-electron chi connectivity index (χ2n) is 6.78. The van der Waals surface area contributed by atoms with Crippen molar-refractivity contribution in [3.8, 4) is 17.4 Å². The Hall–Kier alpha value is -3.28. The molecule has 6 heteroatoms. The first-order valence-electron chi connectivity index (χ1n) is 9.20. The Balaban J connectivity index is 1.74. The summed E-state index contributed by atoms with van der Waals surface area (Å²) in [5.74, 6) is -1.65. The van der Waals surface area contributed by atoms with Crippen LogP contribution in [0.1, 0.15) is 30.9 Å². The summed E-state index contributed by atoms with van der Waals surface area (Å²) in [6, 6.07) is 14.0. The molecule has 1 heterocycles. The van der Waals surface area contributed by atoms with Crippen LogP contribution < -0.4 is 9.47 Å². The molecule has 0 spiro atoms. The fourth-order valence-corrected chi connectivity index (χ4v) is 2.81. The first-order chi connectivity index (χ1) is 13.8. The van der Waals surface area contributed by atoms with Gasteiger partial charge in [0.25, 0.3) is 0 Å². The lowest BCUT2D eigenvalue weighted by Gasteiger charge is -2.20. The van der Waals surface area contributed by atoms with Crippen molar-refractivity contribution >= 4 is 5.78 Å². The molecule has 0 aliphatic carbocycles. The quantitative estimate of drug-likeness (QED) is 0.521. The lowest BCUT2D eigenvalue weighted by atomic mass is 9.94. The standard InChI is InChI=1S/C23H21F2NO3/c1-14-8-11-22(26-13-14)29-21-7-5-4-6-20(21)28-16(3)23(27)15(2)17-9-10-18(24)19(25)12-17/h4-13,15-16H,1-3H3. The average Bonchev–Trinajstić information content (AvgIpc) is 2.72. The van der Waals surface area contributed by atoms with Crippen molar-refractivity contribution in [2.24, 2.45) is 0 Å². The van der Waals surface area contributed by atoms with Gasteiger partial charge >= 0.3 is 0 Å². The fourth-order valence-electron chi connectivity index (χ4n) is 2.81. The largest absolute Gasteiger partial charge is 0.479 e. The van der Waals surface area contributed by atoms with Crippen molar-refractivity contribution in [3.63, 3.8) is 0 Å². The number of ether oxygens (including phenoxy) is 2. The van der Waals surface area contributed by atoms with Gasteiger partial charge in [-0.2, -0.15) is 0 Å². The number of hydrogen-bond donors (Lipinski definition) is 0. The number of aryl methyl sites for hydroxylation is 1. The van der Waals surface area contributed by atoms with E-state index in [9.17, 15) is 13.6 Å². The van der Waals surface area contributed by atoms with Crippen molar-refractivity contribution in [1.29, 1.82) is 0 Å². The Morgan fingerprint density at radius 1 is 0.966 bits per heavy atom. The van der Waals surface area contributed by atoms with E-state index < -0.39 is 23.7 Å².